The Bertz CT molecular complexity index is 900. The number of rotatable bonds is 8. The van der Waals surface area contributed by atoms with E-state index in [1.807, 2.05) is 0 Å². The molecule has 0 saturated heterocycles. The zero-order valence-electron chi connectivity index (χ0n) is 14.8. The van der Waals surface area contributed by atoms with E-state index in [2.05, 4.69) is 14.8 Å². The Morgan fingerprint density at radius 2 is 1.81 bits per heavy atom. The molecule has 0 bridgehead atoms. The first-order chi connectivity index (χ1) is 12.6. The first-order valence-electron chi connectivity index (χ1n) is 8.04. The molecule has 0 aliphatic carbocycles. The zero-order chi connectivity index (χ0) is 20.0. The summed E-state index contributed by atoms with van der Waals surface area (Å²) in [7, 11) is -3.45. The Labute approximate surface area is 156 Å². The molecule has 0 fully saturated rings. The second-order valence-corrected chi connectivity index (χ2v) is 7.68. The number of carbonyl (C=O) groups is 1. The Kier molecular flexibility index (Phi) is 6.73. The molecule has 0 spiro atoms. The number of hydrogen-bond donors (Lipinski definition) is 2. The molecule has 2 aromatic carbocycles. The van der Waals surface area contributed by atoms with Crippen molar-refractivity contribution >= 4 is 21.6 Å². The fourth-order valence-electron chi connectivity index (χ4n) is 2.33. The van der Waals surface area contributed by atoms with E-state index in [1.54, 1.807) is 31.2 Å². The van der Waals surface area contributed by atoms with Crippen LogP contribution in [-0.4, -0.2) is 33.7 Å². The molecule has 27 heavy (non-hydrogen) atoms. The molecule has 2 aromatic rings. The van der Waals surface area contributed by atoms with Crippen LogP contribution in [0.2, 0.25) is 0 Å². The van der Waals surface area contributed by atoms with Crippen molar-refractivity contribution in [1.82, 2.24) is 5.32 Å². The fraction of sp³-hybridized carbons (Fsp3) is 0.278. The van der Waals surface area contributed by atoms with Crippen molar-refractivity contribution in [2.45, 2.75) is 20.0 Å². The van der Waals surface area contributed by atoms with Gasteiger partial charge in [-0.25, -0.2) is 8.42 Å². The maximum absolute atomic E-state index is 12.2. The van der Waals surface area contributed by atoms with E-state index in [0.29, 0.717) is 29.8 Å². The molecule has 0 aliphatic heterocycles. The number of ether oxygens (including phenoxy) is 1. The SMILES string of the molecule is Cc1ccc(C(=O)NCCc2ccc(OC(F)F)cc2)cc1NS(C)(=O)=O. The van der Waals surface area contributed by atoms with Crippen molar-refractivity contribution in [3.63, 3.8) is 0 Å². The minimum atomic E-state index is -3.45. The summed E-state index contributed by atoms with van der Waals surface area (Å²) >= 11 is 0. The van der Waals surface area contributed by atoms with Crippen molar-refractivity contribution in [2.24, 2.45) is 0 Å². The maximum Gasteiger partial charge on any atom is 0.387 e. The fourth-order valence-corrected chi connectivity index (χ4v) is 2.95. The molecule has 0 saturated carbocycles. The summed E-state index contributed by atoms with van der Waals surface area (Å²) in [5.74, 6) is -0.271. The molecule has 1 amide bonds. The quantitative estimate of drug-likeness (QED) is 0.716. The molecule has 9 heteroatoms. The number of amides is 1. The molecule has 0 aliphatic rings. The summed E-state index contributed by atoms with van der Waals surface area (Å²) in [6.45, 7) is -0.806. The van der Waals surface area contributed by atoms with Crippen molar-refractivity contribution in [3.8, 4) is 5.75 Å². The van der Waals surface area contributed by atoms with Crippen molar-refractivity contribution in [3.05, 3.63) is 59.2 Å². The van der Waals surface area contributed by atoms with Crippen LogP contribution in [0.15, 0.2) is 42.5 Å². The first kappa shape index (κ1) is 20.6. The van der Waals surface area contributed by atoms with E-state index in [4.69, 9.17) is 0 Å². The molecule has 6 nitrogen and oxygen atoms in total. The van der Waals surface area contributed by atoms with Crippen LogP contribution in [-0.2, 0) is 16.4 Å². The third-order valence-electron chi connectivity index (χ3n) is 3.64. The van der Waals surface area contributed by atoms with Crippen LogP contribution in [0.4, 0.5) is 14.5 Å². The summed E-state index contributed by atoms with van der Waals surface area (Å²) in [6, 6.07) is 10.9. The van der Waals surface area contributed by atoms with Crippen LogP contribution in [0, 0.1) is 6.92 Å². The summed E-state index contributed by atoms with van der Waals surface area (Å²) in [5, 5.41) is 2.74. The summed E-state index contributed by atoms with van der Waals surface area (Å²) in [6.07, 6.45) is 1.54. The van der Waals surface area contributed by atoms with Gasteiger partial charge in [-0.05, 0) is 48.7 Å². The molecule has 0 aromatic heterocycles. The van der Waals surface area contributed by atoms with Gasteiger partial charge in [-0.3, -0.25) is 9.52 Å². The molecule has 0 unspecified atom stereocenters. The number of nitrogens with one attached hydrogen (secondary N) is 2. The van der Waals surface area contributed by atoms with Gasteiger partial charge >= 0.3 is 6.61 Å². The largest absolute Gasteiger partial charge is 0.435 e. The lowest BCUT2D eigenvalue weighted by Gasteiger charge is -2.11. The molecule has 0 heterocycles. The second-order valence-electron chi connectivity index (χ2n) is 5.93. The van der Waals surface area contributed by atoms with E-state index in [0.717, 1.165) is 11.8 Å². The highest BCUT2D eigenvalue weighted by Gasteiger charge is 2.11. The lowest BCUT2D eigenvalue weighted by Crippen LogP contribution is -2.26. The van der Waals surface area contributed by atoms with Crippen LogP contribution in [0.5, 0.6) is 5.75 Å². The maximum atomic E-state index is 12.2. The number of carbonyl (C=O) groups excluding carboxylic acids is 1. The van der Waals surface area contributed by atoms with Crippen LogP contribution < -0.4 is 14.8 Å². The molecule has 0 atom stereocenters. The van der Waals surface area contributed by atoms with Gasteiger partial charge in [0.1, 0.15) is 5.75 Å². The van der Waals surface area contributed by atoms with Crippen molar-refractivity contribution in [1.29, 1.82) is 0 Å². The average Bonchev–Trinajstić information content (AvgIpc) is 2.56. The highest BCUT2D eigenvalue weighted by Crippen LogP contribution is 2.18. The van der Waals surface area contributed by atoms with Gasteiger partial charge in [0.15, 0.2) is 0 Å². The molecule has 2 rings (SSSR count). The molecular formula is C18H20F2N2O4S. The number of hydrogen-bond acceptors (Lipinski definition) is 4. The van der Waals surface area contributed by atoms with Crippen LogP contribution in [0.3, 0.4) is 0 Å². The van der Waals surface area contributed by atoms with Crippen LogP contribution >= 0.6 is 0 Å². The molecular weight excluding hydrogens is 378 g/mol. The number of alkyl halides is 2. The Balaban J connectivity index is 1.93. The third kappa shape index (κ3) is 6.86. The van der Waals surface area contributed by atoms with E-state index in [-0.39, 0.29) is 11.7 Å². The normalized spacial score (nSPS) is 11.3. The Morgan fingerprint density at radius 3 is 2.41 bits per heavy atom. The lowest BCUT2D eigenvalue weighted by molar-refractivity contribution is -0.0498. The van der Waals surface area contributed by atoms with E-state index in [9.17, 15) is 22.0 Å². The van der Waals surface area contributed by atoms with E-state index >= 15 is 0 Å². The van der Waals surface area contributed by atoms with Crippen LogP contribution in [0.1, 0.15) is 21.5 Å². The molecule has 2 N–H and O–H groups in total. The van der Waals surface area contributed by atoms with E-state index < -0.39 is 16.6 Å². The number of sulfonamides is 1. The summed E-state index contributed by atoms with van der Waals surface area (Å²) in [4.78, 5) is 12.2. The zero-order valence-corrected chi connectivity index (χ0v) is 15.6. The summed E-state index contributed by atoms with van der Waals surface area (Å²) < 4.78 is 53.6. The average molecular weight is 398 g/mol. The predicted molar refractivity (Wildman–Crippen MR) is 98.8 cm³/mol. The van der Waals surface area contributed by atoms with E-state index in [1.165, 1.54) is 18.2 Å². The Hall–Kier alpha value is -2.68. The number of halogens is 2. The monoisotopic (exact) mass is 398 g/mol. The van der Waals surface area contributed by atoms with Gasteiger partial charge in [0.05, 0.1) is 11.9 Å². The highest BCUT2D eigenvalue weighted by atomic mass is 32.2. The van der Waals surface area contributed by atoms with Gasteiger partial charge in [0, 0.05) is 12.1 Å². The van der Waals surface area contributed by atoms with Crippen LogP contribution in [0.25, 0.3) is 0 Å². The number of benzene rings is 2. The van der Waals surface area contributed by atoms with Crippen molar-refractivity contribution < 1.29 is 26.7 Å². The molecule has 0 radical (unpaired) electrons. The van der Waals surface area contributed by atoms with Gasteiger partial charge in [0.25, 0.3) is 5.91 Å². The Morgan fingerprint density at radius 1 is 1.15 bits per heavy atom. The van der Waals surface area contributed by atoms with Gasteiger partial charge in [0.2, 0.25) is 10.0 Å². The predicted octanol–water partition coefficient (Wildman–Crippen LogP) is 2.94. The molecule has 146 valence electrons. The number of anilines is 1. The lowest BCUT2D eigenvalue weighted by atomic mass is 10.1. The third-order valence-corrected chi connectivity index (χ3v) is 4.23. The van der Waals surface area contributed by atoms with Crippen molar-refractivity contribution in [2.75, 3.05) is 17.5 Å². The smallest absolute Gasteiger partial charge is 0.387 e. The van der Waals surface area contributed by atoms with Gasteiger partial charge in [-0.1, -0.05) is 18.2 Å². The first-order valence-corrected chi connectivity index (χ1v) is 9.93. The minimum absolute atomic E-state index is 0.0725. The standard InChI is InChI=1S/C18H20F2N2O4S/c1-12-3-6-14(11-16(12)22-27(2,24)25)17(23)21-10-9-13-4-7-15(8-5-13)26-18(19)20/h3-8,11,18,22H,9-10H2,1-2H3,(H,21,23). The van der Waals surface area contributed by atoms with Gasteiger partial charge in [-0.2, -0.15) is 8.78 Å². The topological polar surface area (TPSA) is 84.5 Å². The summed E-state index contributed by atoms with van der Waals surface area (Å²) in [5.41, 5.74) is 2.22. The van der Waals surface area contributed by atoms with Gasteiger partial charge < -0.3 is 10.1 Å². The second kappa shape index (κ2) is 8.81. The van der Waals surface area contributed by atoms with Gasteiger partial charge in [-0.15, -0.1) is 0 Å². The highest BCUT2D eigenvalue weighted by molar-refractivity contribution is 7.92. The minimum Gasteiger partial charge on any atom is -0.435 e. The number of aryl methyl sites for hydroxylation is 1.